The Bertz CT molecular complexity index is 799. The Morgan fingerprint density at radius 1 is 1.12 bits per heavy atom. The molecule has 5 heteroatoms. The molecule has 0 aromatic heterocycles. The van der Waals surface area contributed by atoms with Gasteiger partial charge in [0, 0.05) is 22.9 Å². The third kappa shape index (κ3) is 3.03. The second-order valence-corrected chi connectivity index (χ2v) is 6.14. The first kappa shape index (κ1) is 16.2. The fourth-order valence-corrected chi connectivity index (χ4v) is 2.99. The molecule has 0 spiro atoms. The summed E-state index contributed by atoms with van der Waals surface area (Å²) in [5.74, 6) is -0.487. The maximum atomic E-state index is 12.2. The van der Waals surface area contributed by atoms with Gasteiger partial charge in [-0.05, 0) is 49.2 Å². The van der Waals surface area contributed by atoms with Gasteiger partial charge in [0.25, 0.3) is 5.91 Å². The summed E-state index contributed by atoms with van der Waals surface area (Å²) in [6.07, 6.45) is 0. The summed E-state index contributed by atoms with van der Waals surface area (Å²) in [5, 5.41) is 0. The van der Waals surface area contributed by atoms with Crippen molar-refractivity contribution in [3.05, 3.63) is 53.6 Å². The number of rotatable bonds is 3. The van der Waals surface area contributed by atoms with Gasteiger partial charge in [-0.2, -0.15) is 0 Å². The van der Waals surface area contributed by atoms with Crippen LogP contribution in [0.3, 0.4) is 0 Å². The van der Waals surface area contributed by atoms with Gasteiger partial charge in [-0.3, -0.25) is 9.59 Å². The standard InChI is InChI=1S/C19H20N2O3/c1-12(2)21-17-7-6-14(9-16(17)10-24-11-18(21)22)13-4-3-5-15(8-13)19(20)23/h3-9,12H,10-11H2,1-2H3,(H2,20,23). The number of nitrogens with two attached hydrogens (primary N) is 1. The average molecular weight is 324 g/mol. The van der Waals surface area contributed by atoms with E-state index in [1.54, 1.807) is 17.0 Å². The van der Waals surface area contributed by atoms with E-state index in [9.17, 15) is 9.59 Å². The molecule has 0 bridgehead atoms. The van der Waals surface area contributed by atoms with E-state index in [-0.39, 0.29) is 18.6 Å². The topological polar surface area (TPSA) is 72.6 Å². The van der Waals surface area contributed by atoms with Crippen molar-refractivity contribution < 1.29 is 14.3 Å². The van der Waals surface area contributed by atoms with Crippen LogP contribution in [0.1, 0.15) is 29.8 Å². The molecule has 0 saturated carbocycles. The Kier molecular flexibility index (Phi) is 4.36. The quantitative estimate of drug-likeness (QED) is 0.943. The molecule has 1 aliphatic heterocycles. The first-order chi connectivity index (χ1) is 11.5. The highest BCUT2D eigenvalue weighted by Crippen LogP contribution is 2.31. The van der Waals surface area contributed by atoms with Gasteiger partial charge < -0.3 is 15.4 Å². The van der Waals surface area contributed by atoms with Gasteiger partial charge in [-0.25, -0.2) is 0 Å². The molecule has 2 amide bonds. The molecule has 24 heavy (non-hydrogen) atoms. The molecule has 1 aliphatic rings. The van der Waals surface area contributed by atoms with Crippen molar-refractivity contribution in [1.82, 2.24) is 0 Å². The Balaban J connectivity index is 2.05. The van der Waals surface area contributed by atoms with Crippen molar-refractivity contribution in [2.45, 2.75) is 26.5 Å². The van der Waals surface area contributed by atoms with E-state index in [4.69, 9.17) is 10.5 Å². The molecular weight excluding hydrogens is 304 g/mol. The summed E-state index contributed by atoms with van der Waals surface area (Å²) in [6, 6.07) is 13.1. The van der Waals surface area contributed by atoms with Crippen LogP contribution in [0.15, 0.2) is 42.5 Å². The highest BCUT2D eigenvalue weighted by atomic mass is 16.5. The van der Waals surface area contributed by atoms with Crippen LogP contribution in [-0.4, -0.2) is 24.5 Å². The van der Waals surface area contributed by atoms with Crippen molar-refractivity contribution in [3.8, 4) is 11.1 Å². The van der Waals surface area contributed by atoms with Gasteiger partial charge in [-0.15, -0.1) is 0 Å². The number of fused-ring (bicyclic) bond motifs is 1. The van der Waals surface area contributed by atoms with Crippen LogP contribution in [0.5, 0.6) is 0 Å². The Morgan fingerprint density at radius 2 is 1.88 bits per heavy atom. The summed E-state index contributed by atoms with van der Waals surface area (Å²) in [4.78, 5) is 25.4. The lowest BCUT2D eigenvalue weighted by molar-refractivity contribution is -0.123. The normalized spacial score (nSPS) is 14.5. The summed E-state index contributed by atoms with van der Waals surface area (Å²) in [5.41, 5.74) is 9.52. The average Bonchev–Trinajstić information content (AvgIpc) is 2.72. The van der Waals surface area contributed by atoms with E-state index in [0.717, 1.165) is 22.4 Å². The van der Waals surface area contributed by atoms with Gasteiger partial charge in [0.1, 0.15) is 6.61 Å². The minimum Gasteiger partial charge on any atom is -0.367 e. The lowest BCUT2D eigenvalue weighted by atomic mass is 9.99. The number of benzene rings is 2. The van der Waals surface area contributed by atoms with Crippen LogP contribution >= 0.6 is 0 Å². The summed E-state index contributed by atoms with van der Waals surface area (Å²) < 4.78 is 5.50. The number of nitrogens with zero attached hydrogens (tertiary/aromatic N) is 1. The fraction of sp³-hybridized carbons (Fsp3) is 0.263. The molecule has 0 radical (unpaired) electrons. The molecule has 124 valence electrons. The lowest BCUT2D eigenvalue weighted by Crippen LogP contribution is -2.38. The minimum absolute atomic E-state index is 0.0350. The molecule has 2 aromatic rings. The number of primary amides is 1. The van der Waals surface area contributed by atoms with Crippen LogP contribution in [0.2, 0.25) is 0 Å². The summed E-state index contributed by atoms with van der Waals surface area (Å²) in [7, 11) is 0. The van der Waals surface area contributed by atoms with Crippen molar-refractivity contribution in [2.75, 3.05) is 11.5 Å². The number of carbonyl (C=O) groups is 2. The molecule has 2 N–H and O–H groups in total. The van der Waals surface area contributed by atoms with Crippen molar-refractivity contribution in [1.29, 1.82) is 0 Å². The SMILES string of the molecule is CC(C)N1C(=O)COCc2cc(-c3cccc(C(N)=O)c3)ccc21. The highest BCUT2D eigenvalue weighted by Gasteiger charge is 2.25. The Hall–Kier alpha value is -2.66. The number of carbonyl (C=O) groups excluding carboxylic acids is 2. The molecule has 0 aliphatic carbocycles. The van der Waals surface area contributed by atoms with Crippen LogP contribution in [-0.2, 0) is 16.1 Å². The van der Waals surface area contributed by atoms with Gasteiger partial charge in [-0.1, -0.05) is 18.2 Å². The smallest absolute Gasteiger partial charge is 0.253 e. The molecule has 2 aromatic carbocycles. The first-order valence-electron chi connectivity index (χ1n) is 7.90. The van der Waals surface area contributed by atoms with Crippen LogP contribution in [0.4, 0.5) is 5.69 Å². The number of hydrogen-bond donors (Lipinski definition) is 1. The minimum atomic E-state index is -0.452. The van der Waals surface area contributed by atoms with Gasteiger partial charge in [0.15, 0.2) is 0 Å². The second-order valence-electron chi connectivity index (χ2n) is 6.14. The van der Waals surface area contributed by atoms with Crippen molar-refractivity contribution in [3.63, 3.8) is 0 Å². The van der Waals surface area contributed by atoms with Crippen molar-refractivity contribution in [2.24, 2.45) is 5.73 Å². The lowest BCUT2D eigenvalue weighted by Gasteiger charge is -2.26. The zero-order chi connectivity index (χ0) is 17.3. The number of hydrogen-bond acceptors (Lipinski definition) is 3. The third-order valence-electron chi connectivity index (χ3n) is 4.09. The van der Waals surface area contributed by atoms with Crippen LogP contribution in [0, 0.1) is 0 Å². The zero-order valence-corrected chi connectivity index (χ0v) is 13.8. The predicted molar refractivity (Wildman–Crippen MR) is 92.7 cm³/mol. The van der Waals surface area contributed by atoms with E-state index in [0.29, 0.717) is 12.2 Å². The molecule has 0 saturated heterocycles. The number of ether oxygens (including phenoxy) is 1. The van der Waals surface area contributed by atoms with E-state index < -0.39 is 5.91 Å². The van der Waals surface area contributed by atoms with Gasteiger partial charge >= 0.3 is 0 Å². The molecule has 0 atom stereocenters. The molecule has 0 unspecified atom stereocenters. The molecule has 0 fully saturated rings. The van der Waals surface area contributed by atoms with Crippen LogP contribution < -0.4 is 10.6 Å². The van der Waals surface area contributed by atoms with Crippen molar-refractivity contribution >= 4 is 17.5 Å². The number of amides is 2. The van der Waals surface area contributed by atoms with Gasteiger partial charge in [0.05, 0.1) is 6.61 Å². The zero-order valence-electron chi connectivity index (χ0n) is 13.8. The molecular formula is C19H20N2O3. The van der Waals surface area contributed by atoms with E-state index in [2.05, 4.69) is 0 Å². The molecule has 1 heterocycles. The third-order valence-corrected chi connectivity index (χ3v) is 4.09. The largest absolute Gasteiger partial charge is 0.367 e. The Labute approximate surface area is 141 Å². The summed E-state index contributed by atoms with van der Waals surface area (Å²) >= 11 is 0. The highest BCUT2D eigenvalue weighted by molar-refractivity contribution is 5.97. The predicted octanol–water partition coefficient (Wildman–Crippen LogP) is 2.72. The fourth-order valence-electron chi connectivity index (χ4n) is 2.99. The monoisotopic (exact) mass is 324 g/mol. The first-order valence-corrected chi connectivity index (χ1v) is 7.90. The molecule has 3 rings (SSSR count). The number of anilines is 1. The van der Waals surface area contributed by atoms with E-state index >= 15 is 0 Å². The van der Waals surface area contributed by atoms with E-state index in [1.165, 1.54) is 0 Å². The molecule has 5 nitrogen and oxygen atoms in total. The van der Waals surface area contributed by atoms with E-state index in [1.807, 2.05) is 44.2 Å². The second kappa shape index (κ2) is 6.45. The maximum absolute atomic E-state index is 12.2. The van der Waals surface area contributed by atoms with Crippen LogP contribution in [0.25, 0.3) is 11.1 Å². The summed E-state index contributed by atoms with van der Waals surface area (Å²) in [6.45, 7) is 4.43. The van der Waals surface area contributed by atoms with Gasteiger partial charge in [0.2, 0.25) is 5.91 Å². The maximum Gasteiger partial charge on any atom is 0.253 e. The Morgan fingerprint density at radius 3 is 2.58 bits per heavy atom.